The molecular formula is C19H20ClNOS. The molecule has 0 saturated carbocycles. The lowest BCUT2D eigenvalue weighted by Gasteiger charge is -2.16. The summed E-state index contributed by atoms with van der Waals surface area (Å²) in [7, 11) is 0. The monoisotopic (exact) mass is 345 g/mol. The van der Waals surface area contributed by atoms with Crippen molar-refractivity contribution in [3.63, 3.8) is 0 Å². The predicted molar refractivity (Wildman–Crippen MR) is 98.6 cm³/mol. The summed E-state index contributed by atoms with van der Waals surface area (Å²) in [5.41, 5.74) is 3.58. The maximum absolute atomic E-state index is 12.1. The van der Waals surface area contributed by atoms with Crippen LogP contribution < -0.4 is 0 Å². The maximum Gasteiger partial charge on any atom is 0.233 e. The number of hydrogen-bond donors (Lipinski definition) is 0. The Balaban J connectivity index is 1.56. The van der Waals surface area contributed by atoms with Crippen LogP contribution in [0.15, 0.2) is 54.6 Å². The number of nitrogens with zero attached hydrogens (tertiary/aromatic N) is 1. The quantitative estimate of drug-likeness (QED) is 0.574. The number of amides is 1. The van der Waals surface area contributed by atoms with Crippen molar-refractivity contribution in [1.82, 2.24) is 4.31 Å². The smallest absolute Gasteiger partial charge is 0.233 e. The molecule has 23 heavy (non-hydrogen) atoms. The van der Waals surface area contributed by atoms with Crippen LogP contribution in [0.4, 0.5) is 0 Å². The van der Waals surface area contributed by atoms with E-state index in [0.29, 0.717) is 6.42 Å². The molecule has 0 aliphatic carbocycles. The second-order valence-corrected chi connectivity index (χ2v) is 7.48. The van der Waals surface area contributed by atoms with Gasteiger partial charge in [0.2, 0.25) is 5.91 Å². The Labute approximate surface area is 147 Å². The Kier molecular flexibility index (Phi) is 5.63. The molecule has 2 aromatic rings. The third-order valence-corrected chi connectivity index (χ3v) is 5.42. The Hall–Kier alpha value is -1.45. The molecule has 1 heterocycles. The molecule has 4 heteroatoms. The minimum absolute atomic E-state index is 0.147. The molecule has 3 rings (SSSR count). The average Bonchev–Trinajstić information content (AvgIpc) is 3.11. The van der Waals surface area contributed by atoms with Crippen molar-refractivity contribution in [3.8, 4) is 11.1 Å². The summed E-state index contributed by atoms with van der Waals surface area (Å²) in [6.45, 7) is 0.860. The second kappa shape index (κ2) is 7.89. The van der Waals surface area contributed by atoms with Crippen molar-refractivity contribution in [3.05, 3.63) is 60.2 Å². The van der Waals surface area contributed by atoms with Crippen LogP contribution in [0.2, 0.25) is 0 Å². The van der Waals surface area contributed by atoms with Crippen molar-refractivity contribution in [2.75, 3.05) is 12.3 Å². The van der Waals surface area contributed by atoms with Gasteiger partial charge in [-0.1, -0.05) is 54.6 Å². The van der Waals surface area contributed by atoms with E-state index < -0.39 is 0 Å². The van der Waals surface area contributed by atoms with Gasteiger partial charge in [-0.05, 0) is 41.5 Å². The third-order valence-electron chi connectivity index (χ3n) is 3.95. The highest BCUT2D eigenvalue weighted by molar-refractivity contribution is 7.97. The first-order chi connectivity index (χ1) is 11.2. The molecule has 0 N–H and O–H groups in total. The molecule has 1 atom stereocenters. The van der Waals surface area contributed by atoms with Crippen molar-refractivity contribution in [2.45, 2.75) is 24.6 Å². The predicted octanol–water partition coefficient (Wildman–Crippen LogP) is 4.77. The summed E-state index contributed by atoms with van der Waals surface area (Å²) >= 11 is 8.01. The molecule has 2 nitrogen and oxygen atoms in total. The summed E-state index contributed by atoms with van der Waals surface area (Å²) in [5, 5.41) is -0.147. The molecule has 2 aromatic carbocycles. The molecule has 1 amide bonds. The highest BCUT2D eigenvalue weighted by Crippen LogP contribution is 2.24. The molecule has 1 saturated heterocycles. The number of halogens is 1. The van der Waals surface area contributed by atoms with E-state index in [4.69, 9.17) is 11.6 Å². The van der Waals surface area contributed by atoms with Gasteiger partial charge in [-0.25, -0.2) is 0 Å². The van der Waals surface area contributed by atoms with Crippen LogP contribution in [0, 0.1) is 0 Å². The van der Waals surface area contributed by atoms with E-state index in [1.165, 1.54) is 16.7 Å². The number of carbonyl (C=O) groups excluding carboxylic acids is 1. The molecule has 1 aliphatic rings. The van der Waals surface area contributed by atoms with Gasteiger partial charge in [-0.3, -0.25) is 9.10 Å². The minimum Gasteiger partial charge on any atom is -0.286 e. The van der Waals surface area contributed by atoms with Crippen LogP contribution >= 0.6 is 23.5 Å². The van der Waals surface area contributed by atoms with Crippen LogP contribution in [0.5, 0.6) is 0 Å². The molecule has 1 unspecified atom stereocenters. The van der Waals surface area contributed by atoms with E-state index >= 15 is 0 Å². The van der Waals surface area contributed by atoms with Crippen molar-refractivity contribution < 1.29 is 4.79 Å². The topological polar surface area (TPSA) is 20.3 Å². The standard InChI is InChI=1S/C19H20ClNOS/c20-18(14-19(22)21-11-4-12-23-21)13-15-7-9-17(10-8-15)16-5-2-1-3-6-16/h1-3,5-10,18H,4,11-14H2. The summed E-state index contributed by atoms with van der Waals surface area (Å²) in [5.74, 6) is 1.20. The van der Waals surface area contributed by atoms with E-state index in [0.717, 1.165) is 25.1 Å². The summed E-state index contributed by atoms with van der Waals surface area (Å²) in [4.78, 5) is 12.1. The lowest BCUT2D eigenvalue weighted by molar-refractivity contribution is -0.125. The lowest BCUT2D eigenvalue weighted by Crippen LogP contribution is -2.24. The van der Waals surface area contributed by atoms with Gasteiger partial charge in [-0.15, -0.1) is 11.6 Å². The van der Waals surface area contributed by atoms with Gasteiger partial charge in [0.1, 0.15) is 0 Å². The highest BCUT2D eigenvalue weighted by atomic mass is 35.5. The summed E-state index contributed by atoms with van der Waals surface area (Å²) in [6, 6.07) is 18.8. The van der Waals surface area contributed by atoms with Crippen molar-refractivity contribution in [1.29, 1.82) is 0 Å². The Morgan fingerprint density at radius 2 is 1.78 bits per heavy atom. The Morgan fingerprint density at radius 1 is 1.09 bits per heavy atom. The van der Waals surface area contributed by atoms with Gasteiger partial charge >= 0.3 is 0 Å². The first-order valence-corrected chi connectivity index (χ1v) is 9.32. The van der Waals surface area contributed by atoms with E-state index in [1.54, 1.807) is 11.9 Å². The number of hydrogen-bond acceptors (Lipinski definition) is 2. The fourth-order valence-corrected chi connectivity index (χ4v) is 3.99. The molecule has 1 aliphatic heterocycles. The fraction of sp³-hybridized carbons (Fsp3) is 0.316. The zero-order valence-electron chi connectivity index (χ0n) is 13.0. The van der Waals surface area contributed by atoms with Crippen LogP contribution in [0.25, 0.3) is 11.1 Å². The summed E-state index contributed by atoms with van der Waals surface area (Å²) < 4.78 is 1.86. The molecule has 120 valence electrons. The van der Waals surface area contributed by atoms with Gasteiger partial charge in [0.15, 0.2) is 0 Å². The highest BCUT2D eigenvalue weighted by Gasteiger charge is 2.21. The van der Waals surface area contributed by atoms with E-state index in [2.05, 4.69) is 36.4 Å². The fourth-order valence-electron chi connectivity index (χ4n) is 2.73. The first kappa shape index (κ1) is 16.4. The van der Waals surface area contributed by atoms with Crippen LogP contribution in [0.1, 0.15) is 18.4 Å². The average molecular weight is 346 g/mol. The summed E-state index contributed by atoms with van der Waals surface area (Å²) in [6.07, 6.45) is 2.22. The molecular weight excluding hydrogens is 326 g/mol. The van der Waals surface area contributed by atoms with Gasteiger partial charge in [0.05, 0.1) is 0 Å². The van der Waals surface area contributed by atoms with E-state index in [1.807, 2.05) is 22.5 Å². The maximum atomic E-state index is 12.1. The lowest BCUT2D eigenvalue weighted by atomic mass is 10.0. The van der Waals surface area contributed by atoms with E-state index in [-0.39, 0.29) is 11.3 Å². The number of benzene rings is 2. The van der Waals surface area contributed by atoms with Gasteiger partial charge < -0.3 is 0 Å². The normalized spacial score (nSPS) is 15.6. The van der Waals surface area contributed by atoms with Crippen LogP contribution in [0.3, 0.4) is 0 Å². The number of alkyl halides is 1. The van der Waals surface area contributed by atoms with Crippen LogP contribution in [-0.2, 0) is 11.2 Å². The first-order valence-electron chi connectivity index (χ1n) is 7.94. The molecule has 0 radical (unpaired) electrons. The van der Waals surface area contributed by atoms with Crippen molar-refractivity contribution in [2.24, 2.45) is 0 Å². The zero-order valence-corrected chi connectivity index (χ0v) is 14.5. The largest absolute Gasteiger partial charge is 0.286 e. The molecule has 0 bridgehead atoms. The van der Waals surface area contributed by atoms with Gasteiger partial charge in [0, 0.05) is 24.1 Å². The van der Waals surface area contributed by atoms with E-state index in [9.17, 15) is 4.79 Å². The SMILES string of the molecule is O=C(CC(Cl)Cc1ccc(-c2ccccc2)cc1)N1CCCS1. The minimum atomic E-state index is -0.147. The third kappa shape index (κ3) is 4.52. The Bertz CT molecular complexity index is 638. The molecule has 1 fully saturated rings. The van der Waals surface area contributed by atoms with Crippen molar-refractivity contribution >= 4 is 29.5 Å². The number of rotatable bonds is 5. The second-order valence-electron chi connectivity index (χ2n) is 5.75. The molecule has 0 aromatic heterocycles. The molecule has 0 spiro atoms. The van der Waals surface area contributed by atoms with Gasteiger partial charge in [-0.2, -0.15) is 0 Å². The van der Waals surface area contributed by atoms with Crippen LogP contribution in [-0.4, -0.2) is 27.9 Å². The zero-order chi connectivity index (χ0) is 16.1. The Morgan fingerprint density at radius 3 is 2.43 bits per heavy atom. The number of carbonyl (C=O) groups is 1. The van der Waals surface area contributed by atoms with Gasteiger partial charge in [0.25, 0.3) is 0 Å².